The molecule has 29 heavy (non-hydrogen) atoms. The van der Waals surface area contributed by atoms with Gasteiger partial charge in [-0.2, -0.15) is 0 Å². The lowest BCUT2D eigenvalue weighted by Crippen LogP contribution is -2.50. The number of benzene rings is 1. The van der Waals surface area contributed by atoms with Crippen LogP contribution in [0, 0.1) is 11.7 Å². The molecule has 1 aromatic carbocycles. The molecule has 0 atom stereocenters. The first kappa shape index (κ1) is 20.1. The zero-order chi connectivity index (χ0) is 20.3. The maximum absolute atomic E-state index is 13.6. The molecule has 3 fully saturated rings. The predicted molar refractivity (Wildman–Crippen MR) is 110 cm³/mol. The fraction of sp³-hybridized carbons (Fsp3) is 0.636. The molecule has 2 heterocycles. The number of halogens is 1. The van der Waals surface area contributed by atoms with Crippen LogP contribution in [-0.2, 0) is 14.9 Å². The van der Waals surface area contributed by atoms with Crippen LogP contribution in [0.2, 0.25) is 0 Å². The molecule has 7 heteroatoms. The van der Waals surface area contributed by atoms with Gasteiger partial charge in [0, 0.05) is 51.1 Å². The Labute approximate surface area is 172 Å². The van der Waals surface area contributed by atoms with E-state index in [9.17, 15) is 9.18 Å². The van der Waals surface area contributed by atoms with Crippen LogP contribution in [0.4, 0.5) is 4.39 Å². The van der Waals surface area contributed by atoms with Gasteiger partial charge < -0.3 is 19.9 Å². The van der Waals surface area contributed by atoms with E-state index < -0.39 is 0 Å². The Balaban J connectivity index is 1.29. The molecule has 4 rings (SSSR count). The molecule has 1 aromatic rings. The van der Waals surface area contributed by atoms with Gasteiger partial charge in [0.05, 0.1) is 13.2 Å². The summed E-state index contributed by atoms with van der Waals surface area (Å²) in [6.07, 6.45) is 3.84. The second-order valence-corrected chi connectivity index (χ2v) is 8.39. The number of rotatable bonds is 4. The van der Waals surface area contributed by atoms with Gasteiger partial charge in [-0.15, -0.1) is 0 Å². The van der Waals surface area contributed by atoms with Gasteiger partial charge >= 0.3 is 0 Å². The predicted octanol–water partition coefficient (Wildman–Crippen LogP) is 2.00. The fourth-order valence-corrected chi connectivity index (χ4v) is 4.50. The van der Waals surface area contributed by atoms with E-state index in [4.69, 9.17) is 4.74 Å². The summed E-state index contributed by atoms with van der Waals surface area (Å²) in [7, 11) is 1.80. The number of nitrogens with one attached hydrogen (secondary N) is 1. The van der Waals surface area contributed by atoms with Crippen LogP contribution in [0.15, 0.2) is 29.3 Å². The van der Waals surface area contributed by atoms with Gasteiger partial charge in [-0.05, 0) is 43.4 Å². The minimum atomic E-state index is -0.176. The summed E-state index contributed by atoms with van der Waals surface area (Å²) in [5.41, 5.74) is 1.08. The summed E-state index contributed by atoms with van der Waals surface area (Å²) in [5, 5.41) is 3.51. The van der Waals surface area contributed by atoms with Gasteiger partial charge in [-0.1, -0.05) is 12.1 Å². The van der Waals surface area contributed by atoms with Gasteiger partial charge in [-0.3, -0.25) is 9.79 Å². The third-order valence-corrected chi connectivity index (χ3v) is 6.55. The highest BCUT2D eigenvalue weighted by atomic mass is 19.1. The van der Waals surface area contributed by atoms with E-state index in [2.05, 4.69) is 15.2 Å². The molecule has 0 radical (unpaired) electrons. The molecule has 0 spiro atoms. The van der Waals surface area contributed by atoms with Crippen LogP contribution >= 0.6 is 0 Å². The number of carbonyl (C=O) groups is 1. The topological polar surface area (TPSA) is 57.2 Å². The molecule has 0 aromatic heterocycles. The first-order valence-corrected chi connectivity index (χ1v) is 10.7. The summed E-state index contributed by atoms with van der Waals surface area (Å²) < 4.78 is 19.0. The molecule has 1 N–H and O–H groups in total. The molecule has 1 amide bonds. The largest absolute Gasteiger partial charge is 0.378 e. The number of piperidine rings is 1. The van der Waals surface area contributed by atoms with E-state index in [1.54, 1.807) is 19.2 Å². The third-order valence-electron chi connectivity index (χ3n) is 6.55. The first-order valence-electron chi connectivity index (χ1n) is 10.7. The minimum absolute atomic E-state index is 0.0165. The molecule has 1 saturated carbocycles. The molecule has 0 bridgehead atoms. The van der Waals surface area contributed by atoms with Crippen LogP contribution < -0.4 is 5.32 Å². The lowest BCUT2D eigenvalue weighted by molar-refractivity contribution is -0.140. The number of morpholine rings is 1. The summed E-state index contributed by atoms with van der Waals surface area (Å²) in [5.74, 6) is 1.08. The molecular formula is C22H31FN4O2. The third kappa shape index (κ3) is 4.55. The second kappa shape index (κ2) is 8.69. The number of guanidine groups is 1. The van der Waals surface area contributed by atoms with Gasteiger partial charge in [0.15, 0.2) is 5.96 Å². The number of amides is 1. The van der Waals surface area contributed by atoms with Crippen molar-refractivity contribution in [1.82, 2.24) is 15.1 Å². The van der Waals surface area contributed by atoms with Crippen LogP contribution in [0.5, 0.6) is 0 Å². The minimum Gasteiger partial charge on any atom is -0.378 e. The molecular weight excluding hydrogens is 371 g/mol. The summed E-state index contributed by atoms with van der Waals surface area (Å²) >= 11 is 0. The number of hydrogen-bond donors (Lipinski definition) is 1. The van der Waals surface area contributed by atoms with Crippen molar-refractivity contribution in [3.8, 4) is 0 Å². The monoisotopic (exact) mass is 402 g/mol. The van der Waals surface area contributed by atoms with E-state index in [1.807, 2.05) is 11.0 Å². The van der Waals surface area contributed by atoms with Crippen molar-refractivity contribution in [2.75, 3.05) is 53.0 Å². The maximum Gasteiger partial charge on any atom is 0.225 e. The highest BCUT2D eigenvalue weighted by molar-refractivity contribution is 5.82. The molecule has 6 nitrogen and oxygen atoms in total. The molecule has 2 aliphatic heterocycles. The summed E-state index contributed by atoms with van der Waals surface area (Å²) in [6, 6.07) is 6.95. The van der Waals surface area contributed by atoms with E-state index in [0.717, 1.165) is 56.8 Å². The van der Waals surface area contributed by atoms with Crippen LogP contribution in [-0.4, -0.2) is 74.7 Å². The summed E-state index contributed by atoms with van der Waals surface area (Å²) in [4.78, 5) is 21.4. The Hall–Kier alpha value is -2.15. The van der Waals surface area contributed by atoms with Crippen molar-refractivity contribution in [2.45, 2.75) is 31.1 Å². The second-order valence-electron chi connectivity index (χ2n) is 8.39. The first-order chi connectivity index (χ1) is 14.1. The smallest absolute Gasteiger partial charge is 0.225 e. The van der Waals surface area contributed by atoms with Crippen molar-refractivity contribution in [3.63, 3.8) is 0 Å². The number of ether oxygens (including phenoxy) is 1. The Morgan fingerprint density at radius 3 is 2.55 bits per heavy atom. The van der Waals surface area contributed by atoms with E-state index >= 15 is 0 Å². The Bertz CT molecular complexity index is 751. The highest BCUT2D eigenvalue weighted by Crippen LogP contribution is 2.47. The van der Waals surface area contributed by atoms with Gasteiger partial charge in [-0.25, -0.2) is 4.39 Å². The van der Waals surface area contributed by atoms with Crippen molar-refractivity contribution in [3.05, 3.63) is 35.6 Å². The fourth-order valence-electron chi connectivity index (χ4n) is 4.50. The molecule has 2 saturated heterocycles. The number of nitrogens with zero attached hydrogens (tertiary/aromatic N) is 3. The van der Waals surface area contributed by atoms with Crippen LogP contribution in [0.1, 0.15) is 31.2 Å². The number of aliphatic imine (C=N–C) groups is 1. The average molecular weight is 403 g/mol. The zero-order valence-electron chi connectivity index (χ0n) is 17.2. The van der Waals surface area contributed by atoms with Gasteiger partial charge in [0.2, 0.25) is 5.91 Å². The molecule has 3 aliphatic rings. The summed E-state index contributed by atoms with van der Waals surface area (Å²) in [6.45, 7) is 5.13. The highest BCUT2D eigenvalue weighted by Gasteiger charge is 2.44. The van der Waals surface area contributed by atoms with Gasteiger partial charge in [0.25, 0.3) is 0 Å². The number of carbonyl (C=O) groups excluding carboxylic acids is 1. The van der Waals surface area contributed by atoms with Crippen molar-refractivity contribution >= 4 is 11.9 Å². The molecule has 1 aliphatic carbocycles. The number of likely N-dealkylation sites (tertiary alicyclic amines) is 1. The van der Waals surface area contributed by atoms with E-state index in [0.29, 0.717) is 26.3 Å². The molecule has 0 unspecified atom stereocenters. The van der Waals surface area contributed by atoms with Gasteiger partial charge in [0.1, 0.15) is 5.82 Å². The lowest BCUT2D eigenvalue weighted by Gasteiger charge is -2.37. The number of hydrogen-bond acceptors (Lipinski definition) is 3. The van der Waals surface area contributed by atoms with E-state index in [1.165, 1.54) is 6.07 Å². The van der Waals surface area contributed by atoms with Crippen LogP contribution in [0.3, 0.4) is 0 Å². The Kier molecular flexibility index (Phi) is 6.04. The van der Waals surface area contributed by atoms with Crippen LogP contribution in [0.25, 0.3) is 0 Å². The van der Waals surface area contributed by atoms with Crippen molar-refractivity contribution in [2.24, 2.45) is 10.9 Å². The maximum atomic E-state index is 13.6. The molecule has 158 valence electrons. The standard InChI is InChI=1S/C22H31FN4O2/c1-24-21(25-16-22(7-8-22)18-3-2-4-19(23)15-18)27-9-5-17(6-10-27)20(28)26-11-13-29-14-12-26/h2-4,15,17H,5-14,16H2,1H3,(H,24,25). The zero-order valence-corrected chi connectivity index (χ0v) is 17.2. The lowest BCUT2D eigenvalue weighted by atomic mass is 9.95. The van der Waals surface area contributed by atoms with Crippen molar-refractivity contribution in [1.29, 1.82) is 0 Å². The normalized spacial score (nSPS) is 22.5. The Morgan fingerprint density at radius 2 is 1.93 bits per heavy atom. The SMILES string of the molecule is CN=C(NCC1(c2cccc(F)c2)CC1)N1CCC(C(=O)N2CCOCC2)CC1. The quantitative estimate of drug-likeness (QED) is 0.618. The Morgan fingerprint density at radius 1 is 1.21 bits per heavy atom. The van der Waals surface area contributed by atoms with Crippen molar-refractivity contribution < 1.29 is 13.9 Å². The van der Waals surface area contributed by atoms with E-state index in [-0.39, 0.29) is 23.1 Å². The average Bonchev–Trinajstić information content (AvgIpc) is 3.56.